The largest absolute Gasteiger partial charge is 0.454 e. The summed E-state index contributed by atoms with van der Waals surface area (Å²) in [6.07, 6.45) is -0.533. The van der Waals surface area contributed by atoms with Gasteiger partial charge in [0.25, 0.3) is 5.69 Å². The maximum Gasteiger partial charge on any atom is 0.348 e. The van der Waals surface area contributed by atoms with E-state index in [2.05, 4.69) is 0 Å². The maximum absolute atomic E-state index is 11.8. The molecule has 0 bridgehead atoms. The minimum Gasteiger partial charge on any atom is -0.454 e. The molecule has 0 spiro atoms. The first-order valence-electron chi connectivity index (χ1n) is 5.57. The van der Waals surface area contributed by atoms with E-state index in [-0.39, 0.29) is 5.69 Å². The van der Waals surface area contributed by atoms with Crippen LogP contribution in [0.1, 0.15) is 28.3 Å². The highest BCUT2D eigenvalue weighted by Gasteiger charge is 2.16. The fourth-order valence-electron chi connectivity index (χ4n) is 1.57. The predicted molar refractivity (Wildman–Crippen MR) is 71.2 cm³/mol. The molecule has 0 saturated carbocycles. The van der Waals surface area contributed by atoms with Crippen LogP contribution in [-0.2, 0) is 4.74 Å². The van der Waals surface area contributed by atoms with Gasteiger partial charge in [-0.15, -0.1) is 11.3 Å². The number of carbonyl (C=O) groups excluding carboxylic acids is 1. The lowest BCUT2D eigenvalue weighted by atomic mass is 10.1. The summed E-state index contributed by atoms with van der Waals surface area (Å²) in [7, 11) is 0. The van der Waals surface area contributed by atoms with Gasteiger partial charge in [0.05, 0.1) is 4.92 Å². The fourth-order valence-corrected chi connectivity index (χ4v) is 2.18. The third-order valence-corrected chi connectivity index (χ3v) is 3.41. The Balaban J connectivity index is 2.11. The molecule has 98 valence electrons. The van der Waals surface area contributed by atoms with E-state index in [1.807, 2.05) is 0 Å². The summed E-state index contributed by atoms with van der Waals surface area (Å²) < 4.78 is 5.26. The molecule has 0 N–H and O–H groups in total. The van der Waals surface area contributed by atoms with Crippen molar-refractivity contribution in [2.45, 2.75) is 13.0 Å². The van der Waals surface area contributed by atoms with Gasteiger partial charge in [-0.2, -0.15) is 0 Å². The Labute approximate surface area is 113 Å². The quantitative estimate of drug-likeness (QED) is 0.486. The zero-order chi connectivity index (χ0) is 13.8. The van der Waals surface area contributed by atoms with Crippen molar-refractivity contribution in [2.24, 2.45) is 0 Å². The third-order valence-electron chi connectivity index (χ3n) is 2.56. The second kappa shape index (κ2) is 5.62. The molecule has 19 heavy (non-hydrogen) atoms. The number of thiophene rings is 1. The van der Waals surface area contributed by atoms with Gasteiger partial charge in [0.1, 0.15) is 11.0 Å². The van der Waals surface area contributed by atoms with E-state index in [9.17, 15) is 14.9 Å². The standard InChI is InChI=1S/C13H11NO4S/c1-9(18-13(15)12-6-3-7-19-12)10-4-2-5-11(8-10)14(16)17/h2-9H,1H3. The lowest BCUT2D eigenvalue weighted by Crippen LogP contribution is -2.08. The number of esters is 1. The van der Waals surface area contributed by atoms with Crippen LogP contribution in [0.4, 0.5) is 5.69 Å². The van der Waals surface area contributed by atoms with Crippen LogP contribution in [-0.4, -0.2) is 10.9 Å². The number of hydrogen-bond donors (Lipinski definition) is 0. The molecule has 0 saturated heterocycles. The molecule has 1 aromatic heterocycles. The van der Waals surface area contributed by atoms with Crippen molar-refractivity contribution >= 4 is 23.0 Å². The highest BCUT2D eigenvalue weighted by Crippen LogP contribution is 2.23. The van der Waals surface area contributed by atoms with Crippen molar-refractivity contribution in [2.75, 3.05) is 0 Å². The Morgan fingerprint density at radius 2 is 2.16 bits per heavy atom. The van der Waals surface area contributed by atoms with Crippen LogP contribution in [0.2, 0.25) is 0 Å². The summed E-state index contributed by atoms with van der Waals surface area (Å²) in [5, 5.41) is 12.5. The minimum absolute atomic E-state index is 0.0171. The molecular formula is C13H11NO4S. The first-order chi connectivity index (χ1) is 9.08. The number of nitro benzene ring substituents is 1. The van der Waals surface area contributed by atoms with E-state index in [0.717, 1.165) is 0 Å². The van der Waals surface area contributed by atoms with Gasteiger partial charge >= 0.3 is 5.97 Å². The molecule has 2 rings (SSSR count). The van der Waals surface area contributed by atoms with Crippen LogP contribution in [0.3, 0.4) is 0 Å². The molecule has 1 atom stereocenters. The molecule has 0 radical (unpaired) electrons. The Morgan fingerprint density at radius 1 is 1.37 bits per heavy atom. The van der Waals surface area contributed by atoms with Gasteiger partial charge in [0.2, 0.25) is 0 Å². The number of nitrogens with zero attached hydrogens (tertiary/aromatic N) is 1. The van der Waals surface area contributed by atoms with E-state index < -0.39 is 17.0 Å². The van der Waals surface area contributed by atoms with E-state index in [4.69, 9.17) is 4.74 Å². The number of ether oxygens (including phenoxy) is 1. The topological polar surface area (TPSA) is 69.4 Å². The van der Waals surface area contributed by atoms with Crippen LogP contribution in [0.25, 0.3) is 0 Å². The molecule has 2 aromatic rings. The fraction of sp³-hybridized carbons (Fsp3) is 0.154. The average molecular weight is 277 g/mol. The Kier molecular flexibility index (Phi) is 3.91. The lowest BCUT2D eigenvalue weighted by Gasteiger charge is -2.12. The normalized spacial score (nSPS) is 11.8. The molecule has 1 aromatic carbocycles. The third kappa shape index (κ3) is 3.17. The summed E-state index contributed by atoms with van der Waals surface area (Å²) in [5.41, 5.74) is 0.579. The average Bonchev–Trinajstić information content (AvgIpc) is 2.92. The second-order valence-electron chi connectivity index (χ2n) is 3.88. The Bertz CT molecular complexity index is 594. The molecule has 1 heterocycles. The zero-order valence-electron chi connectivity index (χ0n) is 10.1. The van der Waals surface area contributed by atoms with Crippen LogP contribution < -0.4 is 0 Å². The van der Waals surface area contributed by atoms with Gasteiger partial charge in [-0.05, 0) is 23.9 Å². The van der Waals surface area contributed by atoms with Gasteiger partial charge in [-0.1, -0.05) is 18.2 Å². The number of nitro groups is 1. The van der Waals surface area contributed by atoms with Crippen LogP contribution >= 0.6 is 11.3 Å². The van der Waals surface area contributed by atoms with Crippen molar-refractivity contribution in [3.05, 3.63) is 62.3 Å². The smallest absolute Gasteiger partial charge is 0.348 e. The van der Waals surface area contributed by atoms with Gasteiger partial charge in [-0.25, -0.2) is 4.79 Å². The van der Waals surface area contributed by atoms with Crippen molar-refractivity contribution in [1.82, 2.24) is 0 Å². The van der Waals surface area contributed by atoms with Crippen molar-refractivity contribution in [3.63, 3.8) is 0 Å². The monoisotopic (exact) mass is 277 g/mol. The molecule has 0 aliphatic heterocycles. The predicted octanol–water partition coefficient (Wildman–Crippen LogP) is 3.57. The van der Waals surface area contributed by atoms with Crippen molar-refractivity contribution in [3.8, 4) is 0 Å². The summed E-state index contributed by atoms with van der Waals surface area (Å²) in [4.78, 5) is 22.5. The molecule has 0 aliphatic rings. The highest BCUT2D eigenvalue weighted by atomic mass is 32.1. The first kappa shape index (κ1) is 13.2. The van der Waals surface area contributed by atoms with Crippen LogP contribution in [0.15, 0.2) is 41.8 Å². The number of non-ortho nitro benzene ring substituents is 1. The summed E-state index contributed by atoms with van der Waals surface area (Å²) in [6, 6.07) is 9.51. The van der Waals surface area contributed by atoms with Gasteiger partial charge in [0, 0.05) is 12.1 Å². The van der Waals surface area contributed by atoms with Crippen LogP contribution in [0, 0.1) is 10.1 Å². The second-order valence-corrected chi connectivity index (χ2v) is 4.82. The molecule has 5 nitrogen and oxygen atoms in total. The highest BCUT2D eigenvalue weighted by molar-refractivity contribution is 7.11. The van der Waals surface area contributed by atoms with E-state index in [0.29, 0.717) is 10.4 Å². The van der Waals surface area contributed by atoms with E-state index in [1.54, 1.807) is 36.6 Å². The number of rotatable bonds is 4. The van der Waals surface area contributed by atoms with E-state index in [1.165, 1.54) is 23.5 Å². The van der Waals surface area contributed by atoms with Crippen molar-refractivity contribution in [1.29, 1.82) is 0 Å². The van der Waals surface area contributed by atoms with E-state index >= 15 is 0 Å². The number of carbonyl (C=O) groups is 1. The van der Waals surface area contributed by atoms with Crippen LogP contribution in [0.5, 0.6) is 0 Å². The number of benzene rings is 1. The zero-order valence-corrected chi connectivity index (χ0v) is 10.9. The van der Waals surface area contributed by atoms with Gasteiger partial charge in [0.15, 0.2) is 0 Å². The van der Waals surface area contributed by atoms with Gasteiger partial charge in [-0.3, -0.25) is 10.1 Å². The SMILES string of the molecule is CC(OC(=O)c1cccs1)c1cccc([N+](=O)[O-])c1. The molecule has 0 amide bonds. The summed E-state index contributed by atoms with van der Waals surface area (Å²) in [6.45, 7) is 1.69. The first-order valence-corrected chi connectivity index (χ1v) is 6.44. The molecule has 0 fully saturated rings. The van der Waals surface area contributed by atoms with Crippen molar-refractivity contribution < 1.29 is 14.5 Å². The number of hydrogen-bond acceptors (Lipinski definition) is 5. The lowest BCUT2D eigenvalue weighted by molar-refractivity contribution is -0.385. The Morgan fingerprint density at radius 3 is 2.79 bits per heavy atom. The maximum atomic E-state index is 11.8. The molecule has 6 heteroatoms. The Hall–Kier alpha value is -2.21. The molecular weight excluding hydrogens is 266 g/mol. The van der Waals surface area contributed by atoms with Gasteiger partial charge < -0.3 is 4.74 Å². The summed E-state index contributed by atoms with van der Waals surface area (Å²) >= 11 is 1.29. The summed E-state index contributed by atoms with van der Waals surface area (Å²) in [5.74, 6) is -0.422. The minimum atomic E-state index is -0.533. The molecule has 1 unspecified atom stereocenters. The molecule has 0 aliphatic carbocycles.